The summed E-state index contributed by atoms with van der Waals surface area (Å²) in [6.07, 6.45) is 3.91. The zero-order chi connectivity index (χ0) is 17.7. The highest BCUT2D eigenvalue weighted by Gasteiger charge is 2.25. The van der Waals surface area contributed by atoms with Gasteiger partial charge in [-0.2, -0.15) is 0 Å². The first-order valence-corrected chi connectivity index (χ1v) is 7.75. The van der Waals surface area contributed by atoms with Crippen molar-refractivity contribution in [3.8, 4) is 0 Å². The lowest BCUT2D eigenvalue weighted by atomic mass is 9.98. The predicted molar refractivity (Wildman–Crippen MR) is 89.0 cm³/mol. The van der Waals surface area contributed by atoms with Crippen molar-refractivity contribution >= 4 is 17.7 Å². The second-order valence-corrected chi connectivity index (χ2v) is 5.68. The van der Waals surface area contributed by atoms with E-state index in [1.165, 1.54) is 12.1 Å². The molecule has 24 heavy (non-hydrogen) atoms. The van der Waals surface area contributed by atoms with Gasteiger partial charge in [0.25, 0.3) is 5.91 Å². The Morgan fingerprint density at radius 1 is 1.08 bits per heavy atom. The number of hydrogen-bond donors (Lipinski definition) is 3. The number of rotatable bonds is 7. The lowest BCUT2D eigenvalue weighted by molar-refractivity contribution is -0.140. The normalized spacial score (nSPS) is 13.1. The topological polar surface area (TPSA) is 99.3 Å². The second-order valence-electron chi connectivity index (χ2n) is 5.68. The number of aromatic amines is 1. The number of nitrogens with one attached hydrogen (secondary N) is 2. The molecule has 0 spiro atoms. The summed E-state index contributed by atoms with van der Waals surface area (Å²) in [6, 6.07) is 6.89. The Balaban J connectivity index is 2.11. The minimum absolute atomic E-state index is 0.147. The van der Waals surface area contributed by atoms with Crippen LogP contribution in [0.25, 0.3) is 0 Å². The molecule has 2 aromatic rings. The molecule has 0 bridgehead atoms. The SMILES string of the molecule is CCC(C)C(NC(=O)c1ccc(C(=O)c2cc[nH]c2)cc1)C(=O)O. The molecule has 0 radical (unpaired) electrons. The molecule has 6 nitrogen and oxygen atoms in total. The molecular formula is C18H20N2O4. The van der Waals surface area contributed by atoms with Gasteiger partial charge in [-0.05, 0) is 24.1 Å². The van der Waals surface area contributed by atoms with E-state index in [0.29, 0.717) is 23.1 Å². The number of carboxylic acids is 1. The Bertz CT molecular complexity index is 720. The zero-order valence-electron chi connectivity index (χ0n) is 13.6. The summed E-state index contributed by atoms with van der Waals surface area (Å²) < 4.78 is 0. The van der Waals surface area contributed by atoms with Crippen molar-refractivity contribution in [2.45, 2.75) is 26.3 Å². The van der Waals surface area contributed by atoms with Crippen LogP contribution in [-0.4, -0.2) is 33.8 Å². The van der Waals surface area contributed by atoms with Gasteiger partial charge >= 0.3 is 5.97 Å². The maximum absolute atomic E-state index is 12.2. The lowest BCUT2D eigenvalue weighted by Crippen LogP contribution is -2.45. The third-order valence-corrected chi connectivity index (χ3v) is 4.04. The fraction of sp³-hybridized carbons (Fsp3) is 0.278. The van der Waals surface area contributed by atoms with Crippen LogP contribution in [0.1, 0.15) is 46.5 Å². The van der Waals surface area contributed by atoms with Crippen LogP contribution in [0, 0.1) is 5.92 Å². The Morgan fingerprint density at radius 3 is 2.21 bits per heavy atom. The lowest BCUT2D eigenvalue weighted by Gasteiger charge is -2.20. The molecule has 0 aliphatic rings. The summed E-state index contributed by atoms with van der Waals surface area (Å²) in [5, 5.41) is 11.8. The molecule has 1 aromatic carbocycles. The van der Waals surface area contributed by atoms with Crippen LogP contribution >= 0.6 is 0 Å². The van der Waals surface area contributed by atoms with Gasteiger partial charge in [0.1, 0.15) is 6.04 Å². The highest BCUT2D eigenvalue weighted by atomic mass is 16.4. The molecule has 0 aliphatic heterocycles. The number of amides is 1. The first-order chi connectivity index (χ1) is 11.4. The van der Waals surface area contributed by atoms with E-state index in [1.807, 2.05) is 6.92 Å². The standard InChI is InChI=1S/C18H20N2O4/c1-3-11(2)15(18(23)24)20-17(22)13-6-4-12(5-7-13)16(21)14-8-9-19-10-14/h4-11,15,19H,3H2,1-2H3,(H,20,22)(H,23,24). The smallest absolute Gasteiger partial charge is 0.326 e. The summed E-state index contributed by atoms with van der Waals surface area (Å²) in [5.74, 6) is -1.85. The Kier molecular flexibility index (Phi) is 5.52. The van der Waals surface area contributed by atoms with Crippen LogP contribution < -0.4 is 5.32 Å². The summed E-state index contributed by atoms with van der Waals surface area (Å²) in [7, 11) is 0. The molecule has 2 atom stereocenters. The van der Waals surface area contributed by atoms with Gasteiger partial charge in [0, 0.05) is 29.1 Å². The number of H-pyrrole nitrogens is 1. The number of aliphatic carboxylic acids is 1. The van der Waals surface area contributed by atoms with Crippen molar-refractivity contribution in [1.82, 2.24) is 10.3 Å². The van der Waals surface area contributed by atoms with E-state index < -0.39 is 17.9 Å². The second kappa shape index (κ2) is 7.59. The molecule has 0 fully saturated rings. The van der Waals surface area contributed by atoms with E-state index in [4.69, 9.17) is 0 Å². The number of ketones is 1. The molecule has 0 saturated heterocycles. The van der Waals surface area contributed by atoms with Crippen molar-refractivity contribution in [1.29, 1.82) is 0 Å². The van der Waals surface area contributed by atoms with E-state index >= 15 is 0 Å². The van der Waals surface area contributed by atoms with Crippen molar-refractivity contribution in [2.75, 3.05) is 0 Å². The van der Waals surface area contributed by atoms with E-state index in [-0.39, 0.29) is 11.7 Å². The van der Waals surface area contributed by atoms with Crippen LogP contribution in [-0.2, 0) is 4.79 Å². The predicted octanol–water partition coefficient (Wildman–Crippen LogP) is 2.47. The van der Waals surface area contributed by atoms with Crippen LogP contribution in [0.4, 0.5) is 0 Å². The van der Waals surface area contributed by atoms with Crippen molar-refractivity contribution in [3.63, 3.8) is 0 Å². The van der Waals surface area contributed by atoms with Crippen LogP contribution in [0.15, 0.2) is 42.7 Å². The van der Waals surface area contributed by atoms with Crippen molar-refractivity contribution in [3.05, 3.63) is 59.4 Å². The third-order valence-electron chi connectivity index (χ3n) is 4.04. The zero-order valence-corrected chi connectivity index (χ0v) is 13.6. The number of carboxylic acid groups (broad SMARTS) is 1. The van der Waals surface area contributed by atoms with Crippen LogP contribution in [0.5, 0.6) is 0 Å². The maximum atomic E-state index is 12.2. The monoisotopic (exact) mass is 328 g/mol. The quantitative estimate of drug-likeness (QED) is 0.680. The molecule has 1 heterocycles. The summed E-state index contributed by atoms with van der Waals surface area (Å²) in [6.45, 7) is 3.64. The highest BCUT2D eigenvalue weighted by Crippen LogP contribution is 2.12. The molecule has 126 valence electrons. The van der Waals surface area contributed by atoms with Gasteiger partial charge in [0.2, 0.25) is 0 Å². The van der Waals surface area contributed by atoms with E-state index in [0.717, 1.165) is 0 Å². The number of hydrogen-bond acceptors (Lipinski definition) is 3. The summed E-state index contributed by atoms with van der Waals surface area (Å²) >= 11 is 0. The molecule has 0 aliphatic carbocycles. The maximum Gasteiger partial charge on any atom is 0.326 e. The first kappa shape index (κ1) is 17.5. The molecule has 1 amide bonds. The minimum atomic E-state index is -1.06. The largest absolute Gasteiger partial charge is 0.480 e. The fourth-order valence-corrected chi connectivity index (χ4v) is 2.31. The fourth-order valence-electron chi connectivity index (χ4n) is 2.31. The molecular weight excluding hydrogens is 308 g/mol. The average Bonchev–Trinajstić information content (AvgIpc) is 3.12. The van der Waals surface area contributed by atoms with Gasteiger partial charge in [-0.3, -0.25) is 9.59 Å². The number of carbonyl (C=O) groups excluding carboxylic acids is 2. The van der Waals surface area contributed by atoms with E-state index in [9.17, 15) is 19.5 Å². The number of benzene rings is 1. The Hall–Kier alpha value is -2.89. The van der Waals surface area contributed by atoms with Gasteiger partial charge in [-0.25, -0.2) is 4.79 Å². The average molecular weight is 328 g/mol. The molecule has 1 aromatic heterocycles. The van der Waals surface area contributed by atoms with Gasteiger partial charge in [0.05, 0.1) is 0 Å². The molecule has 3 N–H and O–H groups in total. The van der Waals surface area contributed by atoms with Gasteiger partial charge in [-0.15, -0.1) is 0 Å². The number of aromatic nitrogens is 1. The van der Waals surface area contributed by atoms with Gasteiger partial charge in [-0.1, -0.05) is 32.4 Å². The molecule has 2 unspecified atom stereocenters. The third kappa shape index (κ3) is 3.90. The molecule has 2 rings (SSSR count). The van der Waals surface area contributed by atoms with E-state index in [1.54, 1.807) is 37.5 Å². The van der Waals surface area contributed by atoms with Crippen LogP contribution in [0.3, 0.4) is 0 Å². The van der Waals surface area contributed by atoms with Crippen molar-refractivity contribution in [2.24, 2.45) is 5.92 Å². The summed E-state index contributed by atoms with van der Waals surface area (Å²) in [4.78, 5) is 38.5. The van der Waals surface area contributed by atoms with Gasteiger partial charge < -0.3 is 15.4 Å². The minimum Gasteiger partial charge on any atom is -0.480 e. The van der Waals surface area contributed by atoms with Crippen molar-refractivity contribution < 1.29 is 19.5 Å². The molecule has 6 heteroatoms. The summed E-state index contributed by atoms with van der Waals surface area (Å²) in [5.41, 5.74) is 1.31. The molecule has 0 saturated carbocycles. The Labute approximate surface area is 139 Å². The first-order valence-electron chi connectivity index (χ1n) is 7.75. The highest BCUT2D eigenvalue weighted by molar-refractivity contribution is 6.09. The van der Waals surface area contributed by atoms with E-state index in [2.05, 4.69) is 10.3 Å². The van der Waals surface area contributed by atoms with Crippen LogP contribution in [0.2, 0.25) is 0 Å². The number of carbonyl (C=O) groups is 3. The van der Waals surface area contributed by atoms with Gasteiger partial charge in [0.15, 0.2) is 5.78 Å². The Morgan fingerprint density at radius 2 is 1.71 bits per heavy atom.